The Kier molecular flexibility index (Phi) is 9.16. The second-order valence-electron chi connectivity index (χ2n) is 10.3. The van der Waals surface area contributed by atoms with Crippen molar-refractivity contribution in [1.29, 1.82) is 0 Å². The zero-order valence-corrected chi connectivity index (χ0v) is 22.2. The highest BCUT2D eigenvalue weighted by Crippen LogP contribution is 2.27. The van der Waals surface area contributed by atoms with E-state index < -0.39 is 0 Å². The molecule has 0 atom stereocenters. The quantitative estimate of drug-likeness (QED) is 0.407. The molecule has 1 aliphatic heterocycles. The van der Waals surface area contributed by atoms with Crippen LogP contribution in [0.5, 0.6) is 11.5 Å². The summed E-state index contributed by atoms with van der Waals surface area (Å²) in [6.45, 7) is 9.58. The zero-order valence-electron chi connectivity index (χ0n) is 22.2. The van der Waals surface area contributed by atoms with E-state index in [0.717, 1.165) is 90.2 Å². The Bertz CT molecular complexity index is 1120. The fraction of sp³-hybridized carbons (Fsp3) is 0.433. The normalized spacial score (nSPS) is 15.8. The molecule has 0 aliphatic carbocycles. The molecule has 0 saturated carbocycles. The lowest BCUT2D eigenvalue weighted by Gasteiger charge is -2.28. The number of phenolic OH excluding ortho intramolecular Hbond substituents is 2. The van der Waals surface area contributed by atoms with Gasteiger partial charge in [-0.3, -0.25) is 14.8 Å². The van der Waals surface area contributed by atoms with Crippen LogP contribution in [-0.2, 0) is 39.0 Å². The lowest BCUT2D eigenvalue weighted by molar-refractivity contribution is 0.214. The van der Waals surface area contributed by atoms with E-state index in [9.17, 15) is 10.2 Å². The average Bonchev–Trinajstić information content (AvgIpc) is 2.88. The molecule has 198 valence electrons. The molecule has 1 aromatic heterocycles. The number of hydrogen-bond donors (Lipinski definition) is 4. The van der Waals surface area contributed by atoms with E-state index in [2.05, 4.69) is 40.1 Å². The molecule has 3 aromatic rings. The number of nitrogens with zero attached hydrogens (tertiary/aromatic N) is 3. The Balaban J connectivity index is 1.56. The molecule has 37 heavy (non-hydrogen) atoms. The van der Waals surface area contributed by atoms with Crippen LogP contribution in [0.25, 0.3) is 0 Å². The Morgan fingerprint density at radius 1 is 0.703 bits per heavy atom. The van der Waals surface area contributed by atoms with E-state index in [4.69, 9.17) is 16.5 Å². The molecule has 6 N–H and O–H groups in total. The van der Waals surface area contributed by atoms with Crippen LogP contribution in [0.1, 0.15) is 51.2 Å². The third kappa shape index (κ3) is 7.08. The third-order valence-electron chi connectivity index (χ3n) is 7.23. The molecule has 0 saturated heterocycles. The van der Waals surface area contributed by atoms with Gasteiger partial charge in [-0.15, -0.1) is 0 Å². The van der Waals surface area contributed by atoms with Gasteiger partial charge in [-0.2, -0.15) is 0 Å². The van der Waals surface area contributed by atoms with Crippen molar-refractivity contribution < 1.29 is 10.2 Å². The molecule has 0 spiro atoms. The van der Waals surface area contributed by atoms with Gasteiger partial charge in [-0.1, -0.05) is 41.5 Å². The van der Waals surface area contributed by atoms with Crippen LogP contribution in [0.2, 0.25) is 0 Å². The highest BCUT2D eigenvalue weighted by molar-refractivity contribution is 5.44. The summed E-state index contributed by atoms with van der Waals surface area (Å²) in [4.78, 5) is 9.73. The monoisotopic (exact) mass is 503 g/mol. The highest BCUT2D eigenvalue weighted by Gasteiger charge is 2.17. The number of aryl methyl sites for hydroxylation is 2. The molecule has 0 amide bonds. The Morgan fingerprint density at radius 3 is 1.57 bits per heavy atom. The van der Waals surface area contributed by atoms with E-state index in [0.29, 0.717) is 37.7 Å². The van der Waals surface area contributed by atoms with E-state index in [-0.39, 0.29) is 0 Å². The van der Waals surface area contributed by atoms with Crippen LogP contribution in [-0.4, -0.2) is 51.2 Å². The topological polar surface area (TPSA) is 112 Å². The maximum absolute atomic E-state index is 10.8. The summed E-state index contributed by atoms with van der Waals surface area (Å²) in [7, 11) is 0. The number of pyridine rings is 1. The van der Waals surface area contributed by atoms with Gasteiger partial charge in [0, 0.05) is 85.8 Å². The Labute approximate surface area is 220 Å². The maximum atomic E-state index is 10.8. The predicted molar refractivity (Wildman–Crippen MR) is 148 cm³/mol. The molecule has 7 nitrogen and oxygen atoms in total. The summed E-state index contributed by atoms with van der Waals surface area (Å²) < 4.78 is 0. The Hall–Kier alpha value is -2.97. The van der Waals surface area contributed by atoms with Crippen molar-refractivity contribution in [2.24, 2.45) is 11.5 Å². The predicted octanol–water partition coefficient (Wildman–Crippen LogP) is 3.52. The summed E-state index contributed by atoms with van der Waals surface area (Å²) >= 11 is 0. The molecular formula is C30H41N5O2. The smallest absolute Gasteiger partial charge is 0.124 e. The van der Waals surface area contributed by atoms with Gasteiger partial charge in [0.25, 0.3) is 0 Å². The number of fused-ring (bicyclic) bond motifs is 2. The van der Waals surface area contributed by atoms with Crippen LogP contribution >= 0.6 is 0 Å². The van der Waals surface area contributed by atoms with Gasteiger partial charge >= 0.3 is 0 Å². The van der Waals surface area contributed by atoms with Crippen LogP contribution in [0.4, 0.5) is 0 Å². The standard InChI is InChI=1S/C30H41N5O2/c1-21-13-23(17-31)29(36)25(15-21)19-34-9-4-10-35(12-8-28-6-3-5-27(33-28)7-11-34)20-26-16-22(2)14-24(18-32)30(26)37/h3,5-6,13-16,36-37H,4,7-12,17-20,31-32H2,1-2H3. The largest absolute Gasteiger partial charge is 0.507 e. The summed E-state index contributed by atoms with van der Waals surface area (Å²) in [5.74, 6) is 0.623. The number of aromatic hydroxyl groups is 2. The molecule has 0 fully saturated rings. The van der Waals surface area contributed by atoms with E-state index in [1.807, 2.05) is 26.0 Å². The second-order valence-corrected chi connectivity index (χ2v) is 10.3. The van der Waals surface area contributed by atoms with E-state index >= 15 is 0 Å². The molecule has 0 radical (unpaired) electrons. The summed E-state index contributed by atoms with van der Waals surface area (Å²) in [5.41, 5.74) is 19.6. The first kappa shape index (κ1) is 27.1. The van der Waals surface area contributed by atoms with Gasteiger partial charge < -0.3 is 21.7 Å². The molecule has 0 unspecified atom stereocenters. The fourth-order valence-electron chi connectivity index (χ4n) is 5.31. The fourth-order valence-corrected chi connectivity index (χ4v) is 5.31. The minimum Gasteiger partial charge on any atom is -0.507 e. The number of benzene rings is 2. The first-order chi connectivity index (χ1) is 17.9. The van der Waals surface area contributed by atoms with Crippen molar-refractivity contribution in [1.82, 2.24) is 14.8 Å². The van der Waals surface area contributed by atoms with Gasteiger partial charge in [-0.25, -0.2) is 0 Å². The Morgan fingerprint density at radius 2 is 1.14 bits per heavy atom. The van der Waals surface area contributed by atoms with Gasteiger partial charge in [0.1, 0.15) is 11.5 Å². The first-order valence-electron chi connectivity index (χ1n) is 13.3. The minimum absolute atomic E-state index is 0.312. The SMILES string of the molecule is Cc1cc(CN)c(O)c(CN2CCCN(Cc3cc(C)cc(CN)c3O)CCc3cccc(n3)CC2)c1. The molecule has 1 aliphatic rings. The van der Waals surface area contributed by atoms with Crippen molar-refractivity contribution in [3.05, 3.63) is 87.2 Å². The number of rotatable bonds is 6. The van der Waals surface area contributed by atoms with Crippen molar-refractivity contribution in [3.63, 3.8) is 0 Å². The number of phenols is 2. The van der Waals surface area contributed by atoms with Crippen molar-refractivity contribution >= 4 is 0 Å². The van der Waals surface area contributed by atoms with Crippen LogP contribution in [0.15, 0.2) is 42.5 Å². The van der Waals surface area contributed by atoms with Gasteiger partial charge in [0.2, 0.25) is 0 Å². The molecular weight excluding hydrogens is 462 g/mol. The average molecular weight is 504 g/mol. The molecule has 2 bridgehead atoms. The van der Waals surface area contributed by atoms with Crippen LogP contribution in [0.3, 0.4) is 0 Å². The van der Waals surface area contributed by atoms with Gasteiger partial charge in [-0.05, 0) is 45.5 Å². The number of hydrogen-bond acceptors (Lipinski definition) is 7. The molecule has 7 heteroatoms. The lowest BCUT2D eigenvalue weighted by Crippen LogP contribution is -2.33. The van der Waals surface area contributed by atoms with E-state index in [1.165, 1.54) is 0 Å². The van der Waals surface area contributed by atoms with E-state index in [1.54, 1.807) is 0 Å². The summed E-state index contributed by atoms with van der Waals surface area (Å²) in [6, 6.07) is 14.3. The minimum atomic E-state index is 0.312. The number of nitrogens with two attached hydrogens (primary N) is 2. The lowest BCUT2D eigenvalue weighted by atomic mass is 10.0. The third-order valence-corrected chi connectivity index (χ3v) is 7.23. The van der Waals surface area contributed by atoms with Crippen LogP contribution < -0.4 is 11.5 Å². The van der Waals surface area contributed by atoms with Crippen molar-refractivity contribution in [3.8, 4) is 11.5 Å². The first-order valence-corrected chi connectivity index (χ1v) is 13.3. The molecule has 4 rings (SSSR count). The number of aromatic nitrogens is 1. The summed E-state index contributed by atoms with van der Waals surface area (Å²) in [6.07, 6.45) is 2.72. The van der Waals surface area contributed by atoms with Gasteiger partial charge in [0.15, 0.2) is 0 Å². The molecule has 2 heterocycles. The zero-order chi connectivity index (χ0) is 26.4. The molecule has 2 aromatic carbocycles. The van der Waals surface area contributed by atoms with Crippen molar-refractivity contribution in [2.75, 3.05) is 26.2 Å². The highest BCUT2D eigenvalue weighted by atomic mass is 16.3. The van der Waals surface area contributed by atoms with Gasteiger partial charge in [0.05, 0.1) is 0 Å². The maximum Gasteiger partial charge on any atom is 0.124 e. The second kappa shape index (κ2) is 12.5. The summed E-state index contributed by atoms with van der Waals surface area (Å²) in [5, 5.41) is 21.6. The van der Waals surface area contributed by atoms with Crippen molar-refractivity contribution in [2.45, 2.75) is 59.3 Å². The van der Waals surface area contributed by atoms with Crippen LogP contribution in [0, 0.1) is 13.8 Å².